The first-order valence-electron chi connectivity index (χ1n) is 8.78. The first kappa shape index (κ1) is 18.2. The number of nitrogens with one attached hydrogen (secondary N) is 1. The van der Waals surface area contributed by atoms with Crippen LogP contribution in [0.1, 0.15) is 80.3 Å². The number of aryl methyl sites for hydroxylation is 2. The second-order valence-corrected chi connectivity index (χ2v) is 6.52. The Hall–Kier alpha value is -0.820. The van der Waals surface area contributed by atoms with Crippen molar-refractivity contribution in [1.82, 2.24) is 5.32 Å². The highest BCUT2D eigenvalue weighted by atomic mass is 14.9. The van der Waals surface area contributed by atoms with Crippen molar-refractivity contribution in [1.29, 1.82) is 0 Å². The molecule has 0 spiro atoms. The van der Waals surface area contributed by atoms with Crippen molar-refractivity contribution in [3.05, 3.63) is 33.9 Å². The zero-order valence-corrected chi connectivity index (χ0v) is 15.3. The zero-order valence-electron chi connectivity index (χ0n) is 15.3. The average Bonchev–Trinajstić information content (AvgIpc) is 2.46. The Morgan fingerprint density at radius 2 is 1.52 bits per heavy atom. The van der Waals surface area contributed by atoms with Crippen LogP contribution in [0.5, 0.6) is 0 Å². The average molecular weight is 290 g/mol. The van der Waals surface area contributed by atoms with Crippen LogP contribution in [0.4, 0.5) is 0 Å². The van der Waals surface area contributed by atoms with Crippen LogP contribution in [0.25, 0.3) is 0 Å². The van der Waals surface area contributed by atoms with Gasteiger partial charge < -0.3 is 5.32 Å². The van der Waals surface area contributed by atoms with Crippen LogP contribution in [0, 0.1) is 33.6 Å². The van der Waals surface area contributed by atoms with E-state index in [2.05, 4.69) is 59.8 Å². The second-order valence-electron chi connectivity index (χ2n) is 6.52. The number of rotatable bonds is 8. The van der Waals surface area contributed by atoms with Crippen LogP contribution >= 0.6 is 0 Å². The second kappa shape index (κ2) is 8.58. The van der Waals surface area contributed by atoms with Crippen molar-refractivity contribution < 1.29 is 0 Å². The highest BCUT2D eigenvalue weighted by molar-refractivity contribution is 5.46. The Balaban J connectivity index is 3.27. The van der Waals surface area contributed by atoms with Crippen molar-refractivity contribution in [2.75, 3.05) is 6.54 Å². The largest absolute Gasteiger partial charge is 0.310 e. The van der Waals surface area contributed by atoms with E-state index in [0.29, 0.717) is 6.04 Å². The number of benzene rings is 1. The molecule has 0 radical (unpaired) electrons. The maximum atomic E-state index is 3.79. The van der Waals surface area contributed by atoms with Crippen LogP contribution in [0.15, 0.2) is 6.07 Å². The fourth-order valence-electron chi connectivity index (χ4n) is 3.51. The molecule has 21 heavy (non-hydrogen) atoms. The van der Waals surface area contributed by atoms with Gasteiger partial charge >= 0.3 is 0 Å². The summed E-state index contributed by atoms with van der Waals surface area (Å²) in [6.07, 6.45) is 5.21. The molecule has 2 atom stereocenters. The molecule has 0 amide bonds. The molecule has 0 aliphatic heterocycles. The van der Waals surface area contributed by atoms with Crippen molar-refractivity contribution in [3.8, 4) is 0 Å². The van der Waals surface area contributed by atoms with E-state index < -0.39 is 0 Å². The molecule has 1 nitrogen and oxygen atoms in total. The molecule has 0 aliphatic rings. The highest BCUT2D eigenvalue weighted by Gasteiger charge is 2.24. The summed E-state index contributed by atoms with van der Waals surface area (Å²) >= 11 is 0. The maximum absolute atomic E-state index is 3.79. The molecule has 1 aromatic rings. The molecule has 0 saturated heterocycles. The first-order chi connectivity index (χ1) is 9.97. The Bertz CT molecular complexity index is 421. The highest BCUT2D eigenvalue weighted by Crippen LogP contribution is 2.35. The van der Waals surface area contributed by atoms with Crippen LogP contribution in [0.3, 0.4) is 0 Å². The normalized spacial score (nSPS) is 14.2. The summed E-state index contributed by atoms with van der Waals surface area (Å²) in [5, 5.41) is 3.79. The maximum Gasteiger partial charge on any atom is 0.0353 e. The quantitative estimate of drug-likeness (QED) is 0.639. The van der Waals surface area contributed by atoms with E-state index in [4.69, 9.17) is 0 Å². The zero-order chi connectivity index (χ0) is 16.0. The lowest BCUT2D eigenvalue weighted by molar-refractivity contribution is 0.326. The van der Waals surface area contributed by atoms with E-state index in [0.717, 1.165) is 12.5 Å². The third-order valence-electron chi connectivity index (χ3n) is 5.08. The van der Waals surface area contributed by atoms with Gasteiger partial charge in [-0.2, -0.15) is 0 Å². The molecular formula is C20H35N. The summed E-state index contributed by atoms with van der Waals surface area (Å²) in [5.41, 5.74) is 7.40. The van der Waals surface area contributed by atoms with E-state index >= 15 is 0 Å². The molecule has 0 saturated carbocycles. The van der Waals surface area contributed by atoms with Gasteiger partial charge in [-0.3, -0.25) is 0 Å². The summed E-state index contributed by atoms with van der Waals surface area (Å²) in [5.74, 6) is 0.739. The lowest BCUT2D eigenvalue weighted by Crippen LogP contribution is -2.30. The summed E-state index contributed by atoms with van der Waals surface area (Å²) in [6.45, 7) is 17.0. The van der Waals surface area contributed by atoms with E-state index in [9.17, 15) is 0 Å². The van der Waals surface area contributed by atoms with Crippen LogP contribution in [-0.4, -0.2) is 6.54 Å². The van der Waals surface area contributed by atoms with Crippen molar-refractivity contribution >= 4 is 0 Å². The number of hydrogen-bond donors (Lipinski definition) is 1. The van der Waals surface area contributed by atoms with Crippen molar-refractivity contribution in [2.24, 2.45) is 5.92 Å². The van der Waals surface area contributed by atoms with E-state index in [-0.39, 0.29) is 0 Å². The van der Waals surface area contributed by atoms with Gasteiger partial charge in [0.05, 0.1) is 0 Å². The molecule has 0 heterocycles. The van der Waals surface area contributed by atoms with Gasteiger partial charge in [-0.25, -0.2) is 0 Å². The predicted molar refractivity (Wildman–Crippen MR) is 95.1 cm³/mol. The predicted octanol–water partition coefficient (Wildman–Crippen LogP) is 5.79. The molecule has 1 aromatic carbocycles. The van der Waals surface area contributed by atoms with Crippen LogP contribution < -0.4 is 5.32 Å². The van der Waals surface area contributed by atoms with Crippen molar-refractivity contribution in [3.63, 3.8) is 0 Å². The minimum absolute atomic E-state index is 0.505. The fraction of sp³-hybridized carbons (Fsp3) is 0.700. The monoisotopic (exact) mass is 289 g/mol. The van der Waals surface area contributed by atoms with E-state index in [1.54, 1.807) is 5.56 Å². The third-order valence-corrected chi connectivity index (χ3v) is 5.08. The van der Waals surface area contributed by atoms with Gasteiger partial charge in [0.2, 0.25) is 0 Å². The van der Waals surface area contributed by atoms with Crippen LogP contribution in [-0.2, 0) is 0 Å². The molecule has 0 aliphatic carbocycles. The van der Waals surface area contributed by atoms with Crippen molar-refractivity contribution in [2.45, 2.75) is 80.2 Å². The molecule has 0 aromatic heterocycles. The van der Waals surface area contributed by atoms with Gasteiger partial charge in [-0.1, -0.05) is 46.1 Å². The van der Waals surface area contributed by atoms with Crippen LogP contribution in [0.2, 0.25) is 0 Å². The van der Waals surface area contributed by atoms with Gasteiger partial charge in [-0.15, -0.1) is 0 Å². The fourth-order valence-corrected chi connectivity index (χ4v) is 3.51. The summed E-state index contributed by atoms with van der Waals surface area (Å²) in [4.78, 5) is 0. The summed E-state index contributed by atoms with van der Waals surface area (Å²) in [7, 11) is 0. The molecule has 1 heteroatoms. The lowest BCUT2D eigenvalue weighted by atomic mass is 9.81. The summed E-state index contributed by atoms with van der Waals surface area (Å²) in [6, 6.07) is 2.84. The van der Waals surface area contributed by atoms with E-state index in [1.807, 2.05) is 0 Å². The smallest absolute Gasteiger partial charge is 0.0353 e. The molecule has 1 rings (SSSR count). The number of hydrogen-bond acceptors (Lipinski definition) is 1. The molecule has 0 fully saturated rings. The molecular weight excluding hydrogens is 254 g/mol. The Morgan fingerprint density at radius 3 is 1.95 bits per heavy atom. The molecule has 1 N–H and O–H groups in total. The minimum atomic E-state index is 0.505. The minimum Gasteiger partial charge on any atom is -0.310 e. The van der Waals surface area contributed by atoms with Gasteiger partial charge in [0.15, 0.2) is 0 Å². The Morgan fingerprint density at radius 1 is 0.952 bits per heavy atom. The molecule has 0 bridgehead atoms. The van der Waals surface area contributed by atoms with Gasteiger partial charge in [0.1, 0.15) is 0 Å². The van der Waals surface area contributed by atoms with Gasteiger partial charge in [0, 0.05) is 6.04 Å². The summed E-state index contributed by atoms with van der Waals surface area (Å²) < 4.78 is 0. The lowest BCUT2D eigenvalue weighted by Gasteiger charge is -2.31. The van der Waals surface area contributed by atoms with E-state index in [1.165, 1.54) is 47.9 Å². The SMILES string of the molecule is CCCCC(CC)C(NCC)c1c(C)c(C)cc(C)c1C. The van der Waals surface area contributed by atoms with Gasteiger partial charge in [0.25, 0.3) is 0 Å². The standard InChI is InChI=1S/C20H35N/c1-8-11-12-18(9-2)20(21-10-3)19-16(6)14(4)13-15(5)17(19)7/h13,18,20-21H,8-12H2,1-7H3. The topological polar surface area (TPSA) is 12.0 Å². The first-order valence-corrected chi connectivity index (χ1v) is 8.78. The van der Waals surface area contributed by atoms with Gasteiger partial charge in [-0.05, 0) is 74.4 Å². The Kier molecular flexibility index (Phi) is 7.45. The Labute approximate surface area is 132 Å². The molecule has 120 valence electrons. The molecule has 2 unspecified atom stereocenters. The number of unbranched alkanes of at least 4 members (excludes halogenated alkanes) is 1. The third kappa shape index (κ3) is 4.32.